The second kappa shape index (κ2) is 6.91. The SMILES string of the molecule is O=C(CCCCc1ccsc1)Nc1ccccn1. The molecule has 1 N–H and O–H groups in total. The van der Waals surface area contributed by atoms with Crippen LogP contribution < -0.4 is 5.32 Å². The molecule has 0 saturated heterocycles. The van der Waals surface area contributed by atoms with Gasteiger partial charge in [-0.15, -0.1) is 0 Å². The molecule has 0 fully saturated rings. The van der Waals surface area contributed by atoms with E-state index in [1.165, 1.54) is 5.56 Å². The van der Waals surface area contributed by atoms with E-state index in [2.05, 4.69) is 27.1 Å². The van der Waals surface area contributed by atoms with E-state index in [0.29, 0.717) is 12.2 Å². The summed E-state index contributed by atoms with van der Waals surface area (Å²) in [5.41, 5.74) is 1.37. The van der Waals surface area contributed by atoms with Crippen molar-refractivity contribution in [2.75, 3.05) is 5.32 Å². The van der Waals surface area contributed by atoms with Crippen LogP contribution in [0.15, 0.2) is 41.2 Å². The van der Waals surface area contributed by atoms with Gasteiger partial charge < -0.3 is 5.32 Å². The minimum atomic E-state index is 0.0408. The highest BCUT2D eigenvalue weighted by molar-refractivity contribution is 7.07. The van der Waals surface area contributed by atoms with Crippen molar-refractivity contribution in [2.45, 2.75) is 25.7 Å². The maximum atomic E-state index is 11.6. The fourth-order valence-corrected chi connectivity index (χ4v) is 2.39. The number of unbranched alkanes of at least 4 members (excludes halogenated alkanes) is 1. The number of hydrogen-bond donors (Lipinski definition) is 1. The zero-order valence-electron chi connectivity index (χ0n) is 10.1. The summed E-state index contributed by atoms with van der Waals surface area (Å²) in [6, 6.07) is 7.62. The third kappa shape index (κ3) is 4.30. The van der Waals surface area contributed by atoms with E-state index in [1.807, 2.05) is 12.1 Å². The number of nitrogens with one attached hydrogen (secondary N) is 1. The summed E-state index contributed by atoms with van der Waals surface area (Å²) < 4.78 is 0. The Hall–Kier alpha value is -1.68. The first-order valence-corrected chi connectivity index (χ1v) is 7.01. The van der Waals surface area contributed by atoms with Crippen LogP contribution in [0.4, 0.5) is 5.82 Å². The molecule has 0 aliphatic carbocycles. The van der Waals surface area contributed by atoms with Gasteiger partial charge in [0.2, 0.25) is 5.91 Å². The Bertz CT molecular complexity index is 468. The highest BCUT2D eigenvalue weighted by Gasteiger charge is 2.02. The third-order valence-electron chi connectivity index (χ3n) is 2.63. The summed E-state index contributed by atoms with van der Waals surface area (Å²) >= 11 is 1.72. The van der Waals surface area contributed by atoms with Crippen molar-refractivity contribution in [3.8, 4) is 0 Å². The van der Waals surface area contributed by atoms with Gasteiger partial charge in [-0.2, -0.15) is 11.3 Å². The predicted octanol–water partition coefficient (Wildman–Crippen LogP) is 3.49. The number of pyridine rings is 1. The minimum absolute atomic E-state index is 0.0408. The zero-order chi connectivity index (χ0) is 12.6. The molecule has 0 radical (unpaired) electrons. The maximum absolute atomic E-state index is 11.6. The molecule has 4 heteroatoms. The van der Waals surface area contributed by atoms with Crippen molar-refractivity contribution in [1.82, 2.24) is 4.98 Å². The molecule has 2 heterocycles. The maximum Gasteiger partial charge on any atom is 0.225 e. The van der Waals surface area contributed by atoms with E-state index >= 15 is 0 Å². The Morgan fingerprint density at radius 2 is 2.22 bits per heavy atom. The van der Waals surface area contributed by atoms with Gasteiger partial charge in [-0.25, -0.2) is 4.98 Å². The largest absolute Gasteiger partial charge is 0.311 e. The molecule has 0 aliphatic rings. The van der Waals surface area contributed by atoms with Crippen molar-refractivity contribution < 1.29 is 4.79 Å². The van der Waals surface area contributed by atoms with E-state index < -0.39 is 0 Å². The Morgan fingerprint density at radius 3 is 2.94 bits per heavy atom. The molecule has 2 aromatic heterocycles. The quantitative estimate of drug-likeness (QED) is 0.808. The van der Waals surface area contributed by atoms with Crippen LogP contribution in [0.5, 0.6) is 0 Å². The van der Waals surface area contributed by atoms with Crippen LogP contribution in [-0.4, -0.2) is 10.9 Å². The molecule has 0 bridgehead atoms. The Labute approximate surface area is 111 Å². The van der Waals surface area contributed by atoms with Crippen molar-refractivity contribution in [1.29, 1.82) is 0 Å². The number of amides is 1. The van der Waals surface area contributed by atoms with Gasteiger partial charge in [-0.05, 0) is 53.8 Å². The number of aryl methyl sites for hydroxylation is 1. The summed E-state index contributed by atoms with van der Waals surface area (Å²) in [7, 11) is 0. The normalized spacial score (nSPS) is 10.2. The van der Waals surface area contributed by atoms with Crippen LogP contribution in [0.3, 0.4) is 0 Å². The van der Waals surface area contributed by atoms with Crippen molar-refractivity contribution in [2.24, 2.45) is 0 Å². The first-order valence-electron chi connectivity index (χ1n) is 6.06. The smallest absolute Gasteiger partial charge is 0.225 e. The molecule has 0 unspecified atom stereocenters. The lowest BCUT2D eigenvalue weighted by Gasteiger charge is -2.03. The molecular weight excluding hydrogens is 244 g/mol. The van der Waals surface area contributed by atoms with Gasteiger partial charge in [0, 0.05) is 12.6 Å². The topological polar surface area (TPSA) is 42.0 Å². The number of anilines is 1. The minimum Gasteiger partial charge on any atom is -0.311 e. The number of thiophene rings is 1. The zero-order valence-corrected chi connectivity index (χ0v) is 11.0. The van der Waals surface area contributed by atoms with E-state index in [9.17, 15) is 4.79 Å². The van der Waals surface area contributed by atoms with Gasteiger partial charge in [0.15, 0.2) is 0 Å². The third-order valence-corrected chi connectivity index (χ3v) is 3.36. The summed E-state index contributed by atoms with van der Waals surface area (Å²) in [6.07, 6.45) is 5.24. The van der Waals surface area contributed by atoms with E-state index in [4.69, 9.17) is 0 Å². The lowest BCUT2D eigenvalue weighted by atomic mass is 10.1. The standard InChI is InChI=1S/C14H16N2OS/c17-14(16-13-6-3-4-9-15-13)7-2-1-5-12-8-10-18-11-12/h3-4,6,8-11H,1-2,5,7H2,(H,15,16,17). The molecule has 0 spiro atoms. The molecule has 0 aliphatic heterocycles. The first kappa shape index (κ1) is 12.8. The number of carbonyl (C=O) groups is 1. The first-order chi connectivity index (χ1) is 8.84. The average Bonchev–Trinajstić information content (AvgIpc) is 2.89. The molecule has 1 amide bonds. The fourth-order valence-electron chi connectivity index (χ4n) is 1.69. The number of rotatable bonds is 6. The number of aromatic nitrogens is 1. The number of hydrogen-bond acceptors (Lipinski definition) is 3. The summed E-state index contributed by atoms with van der Waals surface area (Å²) in [6.45, 7) is 0. The van der Waals surface area contributed by atoms with Crippen molar-refractivity contribution in [3.05, 3.63) is 46.8 Å². The average molecular weight is 260 g/mol. The number of nitrogens with zero attached hydrogens (tertiary/aromatic N) is 1. The van der Waals surface area contributed by atoms with Gasteiger partial charge in [0.05, 0.1) is 0 Å². The molecule has 94 valence electrons. The second-order valence-corrected chi connectivity index (χ2v) is 4.88. The highest BCUT2D eigenvalue weighted by atomic mass is 32.1. The fraction of sp³-hybridized carbons (Fsp3) is 0.286. The molecule has 0 atom stereocenters. The van der Waals surface area contributed by atoms with Gasteiger partial charge >= 0.3 is 0 Å². The van der Waals surface area contributed by atoms with E-state index in [0.717, 1.165) is 19.3 Å². The molecule has 3 nitrogen and oxygen atoms in total. The Morgan fingerprint density at radius 1 is 1.28 bits per heavy atom. The van der Waals surface area contributed by atoms with Crippen molar-refractivity contribution in [3.63, 3.8) is 0 Å². The van der Waals surface area contributed by atoms with Gasteiger partial charge in [0.25, 0.3) is 0 Å². The summed E-state index contributed by atoms with van der Waals surface area (Å²) in [4.78, 5) is 15.7. The second-order valence-electron chi connectivity index (χ2n) is 4.10. The van der Waals surface area contributed by atoms with Crippen LogP contribution in [0, 0.1) is 0 Å². The highest BCUT2D eigenvalue weighted by Crippen LogP contribution is 2.11. The van der Waals surface area contributed by atoms with E-state index in [1.54, 1.807) is 23.6 Å². The lowest BCUT2D eigenvalue weighted by Crippen LogP contribution is -2.12. The monoisotopic (exact) mass is 260 g/mol. The molecule has 0 aromatic carbocycles. The molecular formula is C14H16N2OS. The van der Waals surface area contributed by atoms with Crippen LogP contribution >= 0.6 is 11.3 Å². The van der Waals surface area contributed by atoms with E-state index in [-0.39, 0.29) is 5.91 Å². The van der Waals surface area contributed by atoms with Gasteiger partial charge in [0.1, 0.15) is 5.82 Å². The molecule has 18 heavy (non-hydrogen) atoms. The molecule has 0 saturated carbocycles. The number of carbonyl (C=O) groups excluding carboxylic acids is 1. The lowest BCUT2D eigenvalue weighted by molar-refractivity contribution is -0.116. The van der Waals surface area contributed by atoms with Crippen LogP contribution in [0.1, 0.15) is 24.8 Å². The van der Waals surface area contributed by atoms with Gasteiger partial charge in [-0.3, -0.25) is 4.79 Å². The molecule has 2 rings (SSSR count). The summed E-state index contributed by atoms with van der Waals surface area (Å²) in [5.74, 6) is 0.666. The van der Waals surface area contributed by atoms with Crippen LogP contribution in [0.2, 0.25) is 0 Å². The Balaban J connectivity index is 1.63. The van der Waals surface area contributed by atoms with Crippen molar-refractivity contribution >= 4 is 23.1 Å². The summed E-state index contributed by atoms with van der Waals surface area (Å²) in [5, 5.41) is 7.03. The van der Waals surface area contributed by atoms with Crippen LogP contribution in [-0.2, 0) is 11.2 Å². The predicted molar refractivity (Wildman–Crippen MR) is 74.7 cm³/mol. The Kier molecular flexibility index (Phi) is 4.90. The molecule has 2 aromatic rings. The van der Waals surface area contributed by atoms with Crippen LogP contribution in [0.25, 0.3) is 0 Å². The van der Waals surface area contributed by atoms with Gasteiger partial charge in [-0.1, -0.05) is 6.07 Å².